The average molecular weight is 209 g/mol. The molecule has 2 nitrogen and oxygen atoms in total. The molecule has 0 bridgehead atoms. The lowest BCUT2D eigenvalue weighted by atomic mass is 10.0. The third-order valence-electron chi connectivity index (χ3n) is 2.64. The van der Waals surface area contributed by atoms with Gasteiger partial charge in [0.1, 0.15) is 17.2 Å². The summed E-state index contributed by atoms with van der Waals surface area (Å²) in [5.74, 6) is -1.27. The van der Waals surface area contributed by atoms with Crippen molar-refractivity contribution in [3.05, 3.63) is 34.9 Å². The van der Waals surface area contributed by atoms with E-state index in [0.717, 1.165) is 0 Å². The van der Waals surface area contributed by atoms with E-state index in [1.807, 2.05) is 0 Å². The summed E-state index contributed by atoms with van der Waals surface area (Å²) < 4.78 is 27.1. The molecule has 0 amide bonds. The molecule has 0 aromatic heterocycles. The van der Waals surface area contributed by atoms with Gasteiger partial charge in [0.15, 0.2) is 0 Å². The van der Waals surface area contributed by atoms with Crippen LogP contribution in [0.2, 0.25) is 0 Å². The Hall–Kier alpha value is -1.54. The molecule has 0 aliphatic heterocycles. The first-order chi connectivity index (χ1) is 7.09. The van der Waals surface area contributed by atoms with Gasteiger partial charge in [0, 0.05) is 0 Å². The number of aryl methyl sites for hydroxylation is 1. The number of aliphatic imine (C=N–C) groups is 1. The van der Waals surface area contributed by atoms with Crippen molar-refractivity contribution in [1.82, 2.24) is 0 Å². The molecule has 15 heavy (non-hydrogen) atoms. The molecule has 0 atom stereocenters. The van der Waals surface area contributed by atoms with Crippen molar-refractivity contribution >= 4 is 6.08 Å². The number of nitrogens with zero attached hydrogens (tertiary/aromatic N) is 1. The SMILES string of the molecule is Cc1cc(F)c(C2(N=C=O)CC2)c(F)c1. The molecule has 1 fully saturated rings. The lowest BCUT2D eigenvalue weighted by Gasteiger charge is -2.11. The van der Waals surface area contributed by atoms with Gasteiger partial charge in [-0.3, -0.25) is 0 Å². The van der Waals surface area contributed by atoms with E-state index in [4.69, 9.17) is 0 Å². The Balaban J connectivity index is 2.58. The molecular formula is C11H9F2NO. The van der Waals surface area contributed by atoms with E-state index in [9.17, 15) is 13.6 Å². The minimum atomic E-state index is -0.983. The van der Waals surface area contributed by atoms with Gasteiger partial charge in [-0.1, -0.05) is 0 Å². The summed E-state index contributed by atoms with van der Waals surface area (Å²) in [7, 11) is 0. The number of halogens is 2. The third-order valence-corrected chi connectivity index (χ3v) is 2.64. The molecule has 0 heterocycles. The number of rotatable bonds is 2. The first-order valence-corrected chi connectivity index (χ1v) is 4.64. The van der Waals surface area contributed by atoms with Crippen LogP contribution in [-0.2, 0) is 10.3 Å². The zero-order valence-corrected chi connectivity index (χ0v) is 8.18. The van der Waals surface area contributed by atoms with Gasteiger partial charge in [-0.2, -0.15) is 4.99 Å². The van der Waals surface area contributed by atoms with Crippen molar-refractivity contribution in [3.63, 3.8) is 0 Å². The van der Waals surface area contributed by atoms with Crippen LogP contribution in [0.25, 0.3) is 0 Å². The van der Waals surface area contributed by atoms with Gasteiger partial charge in [0.2, 0.25) is 6.08 Å². The predicted molar refractivity (Wildman–Crippen MR) is 50.1 cm³/mol. The minimum Gasteiger partial charge on any atom is -0.211 e. The molecule has 1 aliphatic carbocycles. The van der Waals surface area contributed by atoms with Crippen LogP contribution in [0.5, 0.6) is 0 Å². The highest BCUT2D eigenvalue weighted by Gasteiger charge is 2.48. The maximum Gasteiger partial charge on any atom is 0.235 e. The average Bonchev–Trinajstić information content (AvgIpc) is 2.83. The molecule has 1 aliphatic rings. The molecule has 0 spiro atoms. The van der Waals surface area contributed by atoms with Crippen LogP contribution in [0.15, 0.2) is 17.1 Å². The molecule has 1 aromatic rings. The lowest BCUT2D eigenvalue weighted by molar-refractivity contribution is 0.513. The molecule has 0 N–H and O–H groups in total. The summed E-state index contributed by atoms with van der Waals surface area (Å²) in [6.07, 6.45) is 2.38. The molecule has 4 heteroatoms. The molecule has 1 saturated carbocycles. The Morgan fingerprint density at radius 3 is 2.27 bits per heavy atom. The van der Waals surface area contributed by atoms with Crippen molar-refractivity contribution in [2.45, 2.75) is 25.3 Å². The van der Waals surface area contributed by atoms with Gasteiger partial charge in [-0.15, -0.1) is 0 Å². The lowest BCUT2D eigenvalue weighted by Crippen LogP contribution is -2.09. The number of hydrogen-bond donors (Lipinski definition) is 0. The second kappa shape index (κ2) is 3.24. The van der Waals surface area contributed by atoms with Gasteiger partial charge in [-0.05, 0) is 37.5 Å². The molecular weight excluding hydrogens is 200 g/mol. The van der Waals surface area contributed by atoms with Crippen LogP contribution in [-0.4, -0.2) is 6.08 Å². The van der Waals surface area contributed by atoms with Gasteiger partial charge in [-0.25, -0.2) is 13.6 Å². The number of carbonyl (C=O) groups excluding carboxylic acids is 1. The summed E-state index contributed by atoms with van der Waals surface area (Å²) >= 11 is 0. The van der Waals surface area contributed by atoms with Crippen LogP contribution < -0.4 is 0 Å². The van der Waals surface area contributed by atoms with Crippen LogP contribution in [0.4, 0.5) is 8.78 Å². The second-order valence-electron chi connectivity index (χ2n) is 3.84. The summed E-state index contributed by atoms with van der Waals surface area (Å²) in [5.41, 5.74) is -0.569. The molecule has 0 unspecified atom stereocenters. The largest absolute Gasteiger partial charge is 0.235 e. The maximum absolute atomic E-state index is 13.5. The molecule has 2 rings (SSSR count). The molecule has 1 aromatic carbocycles. The van der Waals surface area contributed by atoms with E-state index >= 15 is 0 Å². The Bertz CT molecular complexity index is 437. The fraction of sp³-hybridized carbons (Fsp3) is 0.364. The Labute approximate surface area is 85.6 Å². The Morgan fingerprint density at radius 1 is 1.33 bits per heavy atom. The van der Waals surface area contributed by atoms with Gasteiger partial charge < -0.3 is 0 Å². The van der Waals surface area contributed by atoms with E-state index < -0.39 is 17.2 Å². The summed E-state index contributed by atoms with van der Waals surface area (Å²) in [5, 5.41) is 0. The standard InChI is InChI=1S/C11H9F2NO/c1-7-4-8(12)10(9(13)5-7)11(2-3-11)14-6-15/h4-5H,2-3H2,1H3. The highest BCUT2D eigenvalue weighted by Crippen LogP contribution is 2.51. The normalized spacial score (nSPS) is 17.0. The summed E-state index contributed by atoms with van der Waals surface area (Å²) in [6, 6.07) is 2.50. The smallest absolute Gasteiger partial charge is 0.211 e. The first-order valence-electron chi connectivity index (χ1n) is 4.64. The van der Waals surface area contributed by atoms with E-state index in [1.54, 1.807) is 6.92 Å². The van der Waals surface area contributed by atoms with E-state index in [-0.39, 0.29) is 5.56 Å². The van der Waals surface area contributed by atoms with Crippen molar-refractivity contribution in [1.29, 1.82) is 0 Å². The summed E-state index contributed by atoms with van der Waals surface area (Å²) in [4.78, 5) is 13.7. The predicted octanol–water partition coefficient (Wildman–Crippen LogP) is 2.60. The highest BCUT2D eigenvalue weighted by atomic mass is 19.1. The quantitative estimate of drug-likeness (QED) is 0.543. The Kier molecular flexibility index (Phi) is 2.16. The number of isocyanates is 1. The minimum absolute atomic E-state index is 0.101. The maximum atomic E-state index is 13.5. The van der Waals surface area contributed by atoms with Gasteiger partial charge in [0.05, 0.1) is 5.56 Å². The number of hydrogen-bond acceptors (Lipinski definition) is 2. The fourth-order valence-electron chi connectivity index (χ4n) is 1.77. The topological polar surface area (TPSA) is 29.4 Å². The van der Waals surface area contributed by atoms with Gasteiger partial charge in [0.25, 0.3) is 0 Å². The van der Waals surface area contributed by atoms with Crippen LogP contribution in [0, 0.1) is 18.6 Å². The monoisotopic (exact) mass is 209 g/mol. The van der Waals surface area contributed by atoms with Crippen molar-refractivity contribution in [2.75, 3.05) is 0 Å². The van der Waals surface area contributed by atoms with Gasteiger partial charge >= 0.3 is 0 Å². The fourth-order valence-corrected chi connectivity index (χ4v) is 1.77. The molecule has 0 radical (unpaired) electrons. The van der Waals surface area contributed by atoms with Crippen molar-refractivity contribution in [3.8, 4) is 0 Å². The zero-order valence-electron chi connectivity index (χ0n) is 8.18. The summed E-state index contributed by atoms with van der Waals surface area (Å²) in [6.45, 7) is 1.61. The molecule has 78 valence electrons. The van der Waals surface area contributed by atoms with Crippen LogP contribution >= 0.6 is 0 Å². The Morgan fingerprint density at radius 2 is 1.87 bits per heavy atom. The van der Waals surface area contributed by atoms with E-state index in [2.05, 4.69) is 4.99 Å². The van der Waals surface area contributed by atoms with E-state index in [0.29, 0.717) is 18.4 Å². The van der Waals surface area contributed by atoms with E-state index in [1.165, 1.54) is 18.2 Å². The number of benzene rings is 1. The van der Waals surface area contributed by atoms with Crippen LogP contribution in [0.1, 0.15) is 24.0 Å². The molecule has 0 saturated heterocycles. The van der Waals surface area contributed by atoms with Crippen LogP contribution in [0.3, 0.4) is 0 Å². The van der Waals surface area contributed by atoms with Crippen molar-refractivity contribution < 1.29 is 13.6 Å². The first kappa shape index (κ1) is 9.99. The highest BCUT2D eigenvalue weighted by molar-refractivity contribution is 5.43. The third kappa shape index (κ3) is 1.57. The zero-order chi connectivity index (χ0) is 11.1. The van der Waals surface area contributed by atoms with Crippen molar-refractivity contribution in [2.24, 2.45) is 4.99 Å². The second-order valence-corrected chi connectivity index (χ2v) is 3.84.